The number of hydrogen-bond acceptors (Lipinski definition) is 4. The van der Waals surface area contributed by atoms with Gasteiger partial charge >= 0.3 is 0 Å². The molecule has 4 aliphatic rings. The second-order valence-corrected chi connectivity index (χ2v) is 11.6. The Labute approximate surface area is 226 Å². The van der Waals surface area contributed by atoms with E-state index < -0.39 is 0 Å². The summed E-state index contributed by atoms with van der Waals surface area (Å²) in [6, 6.07) is 9.60. The van der Waals surface area contributed by atoms with Crippen LogP contribution in [0, 0.1) is 17.2 Å². The molecule has 0 spiro atoms. The third-order valence-electron chi connectivity index (χ3n) is 8.51. The molecular formula is C33H39N3O2. The molecule has 2 aromatic rings. The van der Waals surface area contributed by atoms with Gasteiger partial charge in [-0.25, -0.2) is 0 Å². The molecule has 198 valence electrons. The average molecular weight is 510 g/mol. The SMILES string of the molecule is CC1=CC(CNC2C=CC(c3c(C#N)c4ccc(OC5CCOCC5)cc4n3C3CCC3)=CC2)=CC(C)C1. The van der Waals surface area contributed by atoms with Crippen LogP contribution in [0.2, 0.25) is 0 Å². The van der Waals surface area contributed by atoms with Gasteiger partial charge in [-0.05, 0) is 68.2 Å². The summed E-state index contributed by atoms with van der Waals surface area (Å²) >= 11 is 0. The molecule has 1 N–H and O–H groups in total. The summed E-state index contributed by atoms with van der Waals surface area (Å²) in [5.74, 6) is 1.51. The fourth-order valence-electron chi connectivity index (χ4n) is 6.43. The molecule has 1 aromatic carbocycles. The summed E-state index contributed by atoms with van der Waals surface area (Å²) in [6.45, 7) is 6.93. The fourth-order valence-corrected chi connectivity index (χ4v) is 6.43. The summed E-state index contributed by atoms with van der Waals surface area (Å²) in [6.07, 6.45) is 19.3. The van der Waals surface area contributed by atoms with E-state index in [1.807, 2.05) is 6.07 Å². The van der Waals surface area contributed by atoms with Gasteiger partial charge in [0.1, 0.15) is 17.9 Å². The number of nitrogens with one attached hydrogen (secondary N) is 1. The van der Waals surface area contributed by atoms with E-state index in [0.29, 0.717) is 18.0 Å². The van der Waals surface area contributed by atoms with Crippen LogP contribution in [0.4, 0.5) is 0 Å². The topological polar surface area (TPSA) is 59.2 Å². The van der Waals surface area contributed by atoms with Crippen molar-refractivity contribution < 1.29 is 9.47 Å². The lowest BCUT2D eigenvalue weighted by molar-refractivity contribution is 0.0256. The molecule has 2 unspecified atom stereocenters. The van der Waals surface area contributed by atoms with E-state index in [1.54, 1.807) is 0 Å². The molecule has 5 nitrogen and oxygen atoms in total. The van der Waals surface area contributed by atoms with Crippen molar-refractivity contribution in [2.24, 2.45) is 5.92 Å². The minimum absolute atomic E-state index is 0.198. The largest absolute Gasteiger partial charge is 0.490 e. The van der Waals surface area contributed by atoms with Crippen LogP contribution in [0.5, 0.6) is 5.75 Å². The van der Waals surface area contributed by atoms with Crippen LogP contribution < -0.4 is 10.1 Å². The minimum Gasteiger partial charge on any atom is -0.490 e. The molecule has 2 fully saturated rings. The highest BCUT2D eigenvalue weighted by molar-refractivity contribution is 5.95. The van der Waals surface area contributed by atoms with E-state index in [9.17, 15) is 5.26 Å². The smallest absolute Gasteiger partial charge is 0.121 e. The molecule has 1 saturated carbocycles. The first-order valence-corrected chi connectivity index (χ1v) is 14.4. The highest BCUT2D eigenvalue weighted by Crippen LogP contribution is 2.42. The van der Waals surface area contributed by atoms with Crippen molar-refractivity contribution in [3.05, 3.63) is 71.0 Å². The molecule has 0 radical (unpaired) electrons. The van der Waals surface area contributed by atoms with Gasteiger partial charge in [0.05, 0.1) is 30.0 Å². The Balaban J connectivity index is 1.26. The Kier molecular flexibility index (Phi) is 7.28. The Morgan fingerprint density at radius 1 is 1.18 bits per heavy atom. The number of aromatic nitrogens is 1. The van der Waals surface area contributed by atoms with Crippen molar-refractivity contribution in [1.82, 2.24) is 9.88 Å². The predicted octanol–water partition coefficient (Wildman–Crippen LogP) is 7.01. The second-order valence-electron chi connectivity index (χ2n) is 11.6. The first kappa shape index (κ1) is 25.2. The van der Waals surface area contributed by atoms with Crippen molar-refractivity contribution in [1.29, 1.82) is 5.26 Å². The lowest BCUT2D eigenvalue weighted by Gasteiger charge is -2.31. The van der Waals surface area contributed by atoms with Crippen LogP contribution in [0.1, 0.15) is 76.1 Å². The molecule has 0 bridgehead atoms. The highest BCUT2D eigenvalue weighted by Gasteiger charge is 2.29. The van der Waals surface area contributed by atoms with Crippen LogP contribution in [0.25, 0.3) is 16.5 Å². The van der Waals surface area contributed by atoms with Crippen molar-refractivity contribution >= 4 is 16.5 Å². The molecule has 6 rings (SSSR count). The maximum Gasteiger partial charge on any atom is 0.121 e. The molecule has 2 atom stereocenters. The standard InChI is InChI=1S/C33H39N3O2/c1-22-16-23(2)18-24(17-22)21-35-26-8-6-25(7-9-26)33-31(20-34)30-11-10-29(38-28-12-14-37-15-13-28)19-32(30)36(33)27-4-3-5-27/h6-8,10-11,17-19,22,26-28,35H,3-5,9,12-16,21H2,1-2H3. The van der Waals surface area contributed by atoms with Crippen molar-refractivity contribution in [3.8, 4) is 11.8 Å². The van der Waals surface area contributed by atoms with E-state index in [1.165, 1.54) is 17.6 Å². The quantitative estimate of drug-likeness (QED) is 0.436. The van der Waals surface area contributed by atoms with Crippen LogP contribution in [-0.4, -0.2) is 36.5 Å². The second kappa shape index (κ2) is 11.0. The maximum atomic E-state index is 10.3. The van der Waals surface area contributed by atoms with E-state index in [-0.39, 0.29) is 6.10 Å². The van der Waals surface area contributed by atoms with Gasteiger partial charge < -0.3 is 19.4 Å². The Morgan fingerprint density at radius 3 is 2.71 bits per heavy atom. The normalized spacial score (nSPS) is 24.4. The number of benzene rings is 1. The number of nitrogens with zero attached hydrogens (tertiary/aromatic N) is 2. The molecule has 2 heterocycles. The Bertz CT molecular complexity index is 1360. The van der Waals surface area contributed by atoms with E-state index in [0.717, 1.165) is 91.8 Å². The van der Waals surface area contributed by atoms with Gasteiger partial charge in [0.2, 0.25) is 0 Å². The zero-order valence-corrected chi connectivity index (χ0v) is 22.7. The molecule has 3 aliphatic carbocycles. The molecule has 0 amide bonds. The van der Waals surface area contributed by atoms with Gasteiger partial charge in [-0.1, -0.05) is 42.9 Å². The zero-order chi connectivity index (χ0) is 26.1. The van der Waals surface area contributed by atoms with Gasteiger partial charge in [-0.3, -0.25) is 0 Å². The minimum atomic E-state index is 0.198. The van der Waals surface area contributed by atoms with E-state index >= 15 is 0 Å². The van der Waals surface area contributed by atoms with Crippen molar-refractivity contribution in [2.45, 2.75) is 77.0 Å². The number of allylic oxidation sites excluding steroid dienone is 4. The lowest BCUT2D eigenvalue weighted by atomic mass is 9.91. The zero-order valence-electron chi connectivity index (χ0n) is 22.7. The molecule has 1 aromatic heterocycles. The third kappa shape index (κ3) is 5.13. The summed E-state index contributed by atoms with van der Waals surface area (Å²) in [7, 11) is 0. The van der Waals surface area contributed by atoms with Crippen molar-refractivity contribution in [2.75, 3.05) is 19.8 Å². The van der Waals surface area contributed by atoms with Crippen LogP contribution in [-0.2, 0) is 4.74 Å². The number of ether oxygens (including phenoxy) is 2. The number of hydrogen-bond donors (Lipinski definition) is 1. The first-order valence-electron chi connectivity index (χ1n) is 14.4. The van der Waals surface area contributed by atoms with E-state index in [4.69, 9.17) is 9.47 Å². The lowest BCUT2D eigenvalue weighted by Crippen LogP contribution is -2.30. The predicted molar refractivity (Wildman–Crippen MR) is 153 cm³/mol. The molecule has 38 heavy (non-hydrogen) atoms. The monoisotopic (exact) mass is 509 g/mol. The van der Waals surface area contributed by atoms with Gasteiger partial charge in [-0.2, -0.15) is 5.26 Å². The van der Waals surface area contributed by atoms with Gasteiger partial charge in [0, 0.05) is 42.9 Å². The molecule has 1 saturated heterocycles. The first-order chi connectivity index (χ1) is 18.6. The number of rotatable bonds is 7. The Hall–Kier alpha value is -3.07. The van der Waals surface area contributed by atoms with Gasteiger partial charge in [0.15, 0.2) is 0 Å². The van der Waals surface area contributed by atoms with Crippen LogP contribution in [0.15, 0.2) is 59.7 Å². The third-order valence-corrected chi connectivity index (χ3v) is 8.51. The molecule has 5 heteroatoms. The average Bonchev–Trinajstić information content (AvgIpc) is 3.20. The van der Waals surface area contributed by atoms with Gasteiger partial charge in [0.25, 0.3) is 0 Å². The molecular weight excluding hydrogens is 470 g/mol. The summed E-state index contributed by atoms with van der Waals surface area (Å²) in [4.78, 5) is 0. The van der Waals surface area contributed by atoms with Crippen molar-refractivity contribution in [3.63, 3.8) is 0 Å². The van der Waals surface area contributed by atoms with E-state index in [2.05, 4.69) is 72.3 Å². The summed E-state index contributed by atoms with van der Waals surface area (Å²) < 4.78 is 14.3. The van der Waals surface area contributed by atoms with Crippen LogP contribution >= 0.6 is 0 Å². The molecule has 1 aliphatic heterocycles. The Morgan fingerprint density at radius 2 is 2.03 bits per heavy atom. The summed E-state index contributed by atoms with van der Waals surface area (Å²) in [5.41, 5.74) is 7.01. The van der Waals surface area contributed by atoms with Crippen LogP contribution in [0.3, 0.4) is 0 Å². The maximum absolute atomic E-state index is 10.3. The summed E-state index contributed by atoms with van der Waals surface area (Å²) in [5, 5.41) is 15.1. The number of nitriles is 1. The van der Waals surface area contributed by atoms with Gasteiger partial charge in [-0.15, -0.1) is 0 Å². The highest BCUT2D eigenvalue weighted by atomic mass is 16.5. The fraction of sp³-hybridized carbons (Fsp3) is 0.485. The number of fused-ring (bicyclic) bond motifs is 1.